The highest BCUT2D eigenvalue weighted by Gasteiger charge is 2.44. The van der Waals surface area contributed by atoms with Crippen molar-refractivity contribution in [1.82, 2.24) is 9.62 Å². The van der Waals surface area contributed by atoms with E-state index in [4.69, 9.17) is 24.4 Å². The average molecular weight is 602 g/mol. The lowest BCUT2D eigenvalue weighted by atomic mass is 10.0. The molecule has 0 radical (unpaired) electrons. The van der Waals surface area contributed by atoms with Gasteiger partial charge in [-0.2, -0.15) is 4.31 Å². The maximum atomic E-state index is 13.9. The third-order valence-corrected chi connectivity index (χ3v) is 9.58. The normalized spacial score (nSPS) is 22.0. The second-order valence-corrected chi connectivity index (χ2v) is 13.3. The quantitative estimate of drug-likeness (QED) is 0.284. The summed E-state index contributed by atoms with van der Waals surface area (Å²) in [5.74, 6) is -0.0639. The number of hydrogen-bond donors (Lipinski definition) is 3. The zero-order valence-corrected chi connectivity index (χ0v) is 24.7. The van der Waals surface area contributed by atoms with Crippen LogP contribution in [0.4, 0.5) is 4.79 Å². The molecule has 2 aromatic carbocycles. The van der Waals surface area contributed by atoms with E-state index in [2.05, 4.69) is 5.32 Å². The zero-order valence-electron chi connectivity index (χ0n) is 23.8. The average Bonchev–Trinajstić information content (AvgIpc) is 3.69. The molecule has 2 fully saturated rings. The van der Waals surface area contributed by atoms with Crippen LogP contribution in [-0.4, -0.2) is 74.8 Å². The van der Waals surface area contributed by atoms with Gasteiger partial charge in [-0.15, -0.1) is 0 Å². The second kappa shape index (κ2) is 13.1. The van der Waals surface area contributed by atoms with Crippen molar-refractivity contribution in [2.24, 2.45) is 17.6 Å². The van der Waals surface area contributed by atoms with Gasteiger partial charge in [0.25, 0.3) is 0 Å². The van der Waals surface area contributed by atoms with Gasteiger partial charge in [-0.05, 0) is 42.5 Å². The summed E-state index contributed by atoms with van der Waals surface area (Å²) in [4.78, 5) is 13.1. The Bertz CT molecular complexity index is 1460. The molecule has 11 nitrogen and oxygen atoms in total. The molecule has 3 heterocycles. The molecule has 0 bridgehead atoms. The van der Waals surface area contributed by atoms with Gasteiger partial charge in [-0.1, -0.05) is 44.2 Å². The Kier molecular flexibility index (Phi) is 9.50. The van der Waals surface area contributed by atoms with Crippen molar-refractivity contribution in [3.05, 3.63) is 65.9 Å². The van der Waals surface area contributed by atoms with E-state index in [-0.39, 0.29) is 55.7 Å². The number of amides is 1. The van der Waals surface area contributed by atoms with Crippen LogP contribution in [0, 0.1) is 11.8 Å². The zero-order chi connectivity index (χ0) is 29.9. The Balaban J connectivity index is 1.36. The number of aliphatic hydroxyl groups excluding tert-OH is 1. The number of furan rings is 1. The van der Waals surface area contributed by atoms with E-state index < -0.39 is 34.4 Å². The highest BCUT2D eigenvalue weighted by molar-refractivity contribution is 7.89. The molecule has 2 unspecified atom stereocenters. The molecule has 2 saturated heterocycles. The first kappa shape index (κ1) is 30.5. The van der Waals surface area contributed by atoms with Crippen molar-refractivity contribution in [3.63, 3.8) is 0 Å². The third-order valence-electron chi connectivity index (χ3n) is 7.75. The fraction of sp³-hybridized carbons (Fsp3) is 0.500. The number of carbonyl (C=O) groups excluding carboxylic acids is 1. The lowest BCUT2D eigenvalue weighted by Gasteiger charge is -2.31. The monoisotopic (exact) mass is 601 g/mol. The molecule has 1 amide bonds. The van der Waals surface area contributed by atoms with Crippen molar-refractivity contribution < 1.29 is 36.9 Å². The summed E-state index contributed by atoms with van der Waals surface area (Å²) < 4.78 is 51.4. The predicted octanol–water partition coefficient (Wildman–Crippen LogP) is 3.00. The Morgan fingerprint density at radius 3 is 2.69 bits per heavy atom. The number of carbonyl (C=O) groups is 1. The first-order valence-electron chi connectivity index (χ1n) is 14.3. The summed E-state index contributed by atoms with van der Waals surface area (Å²) in [6.45, 7) is 4.72. The van der Waals surface area contributed by atoms with Crippen LogP contribution in [0.2, 0.25) is 0 Å². The smallest absolute Gasteiger partial charge is 0.407 e. The number of aliphatic hydroxyl groups is 1. The van der Waals surface area contributed by atoms with Gasteiger partial charge in [-0.25, -0.2) is 13.2 Å². The molecule has 2 aliphatic heterocycles. The van der Waals surface area contributed by atoms with Crippen molar-refractivity contribution in [1.29, 1.82) is 0 Å². The van der Waals surface area contributed by atoms with Crippen LogP contribution in [0.15, 0.2) is 64.1 Å². The summed E-state index contributed by atoms with van der Waals surface area (Å²) >= 11 is 0. The standard InChI is InChI=1S/C30H39N3O8S/c1-19(2)15-33(42(36,37)22-8-9-27-24(13-22)21(14-31)17-39-27)16-26(34)25(12-20-6-4-3-5-7-20)32-30(35)41-28-18-40-29-23(28)10-11-38-29/h3-9,13,17,19,23,25-26,28-29,34H,10-12,14-16,18,31H2,1-2H3,(H,32,35)/t23?,25-,26+,28-,29?/m0/s1. The lowest BCUT2D eigenvalue weighted by molar-refractivity contribution is -0.0907. The first-order valence-corrected chi connectivity index (χ1v) is 15.7. The second-order valence-electron chi connectivity index (χ2n) is 11.3. The number of benzene rings is 2. The Morgan fingerprint density at radius 2 is 1.95 bits per heavy atom. The SMILES string of the molecule is CC(C)CN(C[C@@H](O)[C@H](Cc1ccccc1)NC(=O)O[C@H]1COC2OCCC21)S(=O)(=O)c1ccc2occ(CN)c2c1. The van der Waals surface area contributed by atoms with Gasteiger partial charge in [0, 0.05) is 30.6 Å². The fourth-order valence-electron chi connectivity index (χ4n) is 5.56. The van der Waals surface area contributed by atoms with Crippen LogP contribution < -0.4 is 11.1 Å². The van der Waals surface area contributed by atoms with E-state index in [1.165, 1.54) is 16.6 Å². The highest BCUT2D eigenvalue weighted by Crippen LogP contribution is 2.33. The number of rotatable bonds is 12. The molecular weight excluding hydrogens is 562 g/mol. The van der Waals surface area contributed by atoms with Gasteiger partial charge in [0.15, 0.2) is 6.29 Å². The largest absolute Gasteiger partial charge is 0.464 e. The molecule has 0 saturated carbocycles. The number of fused-ring (bicyclic) bond motifs is 2. The Hall–Kier alpha value is -3.00. The molecule has 5 atom stereocenters. The van der Waals surface area contributed by atoms with E-state index in [1.54, 1.807) is 12.1 Å². The van der Waals surface area contributed by atoms with Gasteiger partial charge in [0.05, 0.1) is 42.4 Å². The van der Waals surface area contributed by atoms with Crippen molar-refractivity contribution in [2.45, 2.75) is 62.7 Å². The Labute approximate surface area is 245 Å². The number of alkyl carbamates (subject to hydrolysis) is 1. The summed E-state index contributed by atoms with van der Waals surface area (Å²) in [7, 11) is -4.03. The van der Waals surface area contributed by atoms with Gasteiger partial charge in [0.1, 0.15) is 11.7 Å². The Morgan fingerprint density at radius 1 is 1.17 bits per heavy atom. The predicted molar refractivity (Wildman–Crippen MR) is 155 cm³/mol. The fourth-order valence-corrected chi connectivity index (χ4v) is 7.21. The van der Waals surface area contributed by atoms with Crippen molar-refractivity contribution in [2.75, 3.05) is 26.3 Å². The number of nitrogens with zero attached hydrogens (tertiary/aromatic N) is 1. The minimum atomic E-state index is -4.03. The molecule has 0 aliphatic carbocycles. The number of hydrogen-bond acceptors (Lipinski definition) is 9. The van der Waals surface area contributed by atoms with E-state index in [0.29, 0.717) is 23.1 Å². The van der Waals surface area contributed by atoms with Gasteiger partial charge < -0.3 is 34.8 Å². The number of sulfonamides is 1. The first-order chi connectivity index (χ1) is 20.2. The summed E-state index contributed by atoms with van der Waals surface area (Å²) in [6.07, 6.45) is -0.249. The molecule has 0 spiro atoms. The lowest BCUT2D eigenvalue weighted by Crippen LogP contribution is -2.51. The van der Waals surface area contributed by atoms with Crippen molar-refractivity contribution >= 4 is 27.1 Å². The van der Waals surface area contributed by atoms with Crippen LogP contribution in [0.5, 0.6) is 0 Å². The molecule has 5 rings (SSSR count). The highest BCUT2D eigenvalue weighted by atomic mass is 32.2. The van der Waals surface area contributed by atoms with Crippen LogP contribution >= 0.6 is 0 Å². The topological polar surface area (TPSA) is 154 Å². The molecule has 2 aliphatic rings. The van der Waals surface area contributed by atoms with E-state index >= 15 is 0 Å². The molecule has 12 heteroatoms. The third kappa shape index (κ3) is 6.80. The molecule has 4 N–H and O–H groups in total. The van der Waals surface area contributed by atoms with E-state index in [1.807, 2.05) is 44.2 Å². The van der Waals surface area contributed by atoms with Gasteiger partial charge in [-0.3, -0.25) is 0 Å². The summed E-state index contributed by atoms with van der Waals surface area (Å²) in [5, 5.41) is 14.9. The maximum absolute atomic E-state index is 13.9. The van der Waals surface area contributed by atoms with Crippen LogP contribution in [0.3, 0.4) is 0 Å². The summed E-state index contributed by atoms with van der Waals surface area (Å²) in [6, 6.07) is 13.2. The van der Waals surface area contributed by atoms with E-state index in [9.17, 15) is 18.3 Å². The number of nitrogens with one attached hydrogen (secondary N) is 1. The van der Waals surface area contributed by atoms with Gasteiger partial charge >= 0.3 is 6.09 Å². The van der Waals surface area contributed by atoms with Crippen molar-refractivity contribution in [3.8, 4) is 0 Å². The van der Waals surface area contributed by atoms with Crippen LogP contribution in [0.25, 0.3) is 11.0 Å². The molecule has 1 aromatic heterocycles. The molecule has 228 valence electrons. The van der Waals surface area contributed by atoms with Gasteiger partial charge in [0.2, 0.25) is 10.0 Å². The molecule has 42 heavy (non-hydrogen) atoms. The number of ether oxygens (including phenoxy) is 3. The molecule has 3 aromatic rings. The maximum Gasteiger partial charge on any atom is 0.407 e. The minimum absolute atomic E-state index is 0.0290. The van der Waals surface area contributed by atoms with E-state index in [0.717, 1.165) is 12.0 Å². The van der Waals surface area contributed by atoms with Crippen LogP contribution in [-0.2, 0) is 37.2 Å². The number of nitrogens with two attached hydrogens (primary N) is 1. The van der Waals surface area contributed by atoms with Crippen LogP contribution in [0.1, 0.15) is 31.4 Å². The molecular formula is C30H39N3O8S. The minimum Gasteiger partial charge on any atom is -0.464 e. The summed E-state index contributed by atoms with van der Waals surface area (Å²) in [5.41, 5.74) is 7.92.